The molecule has 0 bridgehead atoms. The Kier molecular flexibility index (Phi) is 5.28. The fourth-order valence-corrected chi connectivity index (χ4v) is 2.48. The fourth-order valence-electron chi connectivity index (χ4n) is 2.48. The third-order valence-electron chi connectivity index (χ3n) is 4.01. The lowest BCUT2D eigenvalue weighted by Crippen LogP contribution is -2.48. The van der Waals surface area contributed by atoms with Gasteiger partial charge < -0.3 is 19.9 Å². The summed E-state index contributed by atoms with van der Waals surface area (Å²) in [6, 6.07) is 13.4. The van der Waals surface area contributed by atoms with E-state index >= 15 is 0 Å². The molecule has 0 spiro atoms. The van der Waals surface area contributed by atoms with Crippen molar-refractivity contribution in [3.05, 3.63) is 54.2 Å². The molecule has 0 unspecified atom stereocenters. The number of carbonyl (C=O) groups excluding carboxylic acids is 1. The summed E-state index contributed by atoms with van der Waals surface area (Å²) in [5, 5.41) is 2.88. The molecule has 24 heavy (non-hydrogen) atoms. The smallest absolute Gasteiger partial charge is 0.321 e. The minimum atomic E-state index is -0.0807. The highest BCUT2D eigenvalue weighted by Crippen LogP contribution is 2.14. The van der Waals surface area contributed by atoms with Crippen LogP contribution in [-0.2, 0) is 6.61 Å². The van der Waals surface area contributed by atoms with E-state index in [9.17, 15) is 4.79 Å². The first-order chi connectivity index (χ1) is 11.7. The number of nitrogens with one attached hydrogen (secondary N) is 1. The molecule has 6 nitrogen and oxygen atoms in total. The molecule has 2 amide bonds. The molecule has 1 aliphatic heterocycles. The zero-order chi connectivity index (χ0) is 16.8. The van der Waals surface area contributed by atoms with Gasteiger partial charge in [0.2, 0.25) is 5.88 Å². The Labute approximate surface area is 142 Å². The number of piperazine rings is 1. The Morgan fingerprint density at radius 3 is 2.54 bits per heavy atom. The molecule has 1 N–H and O–H groups in total. The standard InChI is InChI=1S/C18H22N4O2/c1-21-9-11-22(12-10-21)18(23)20-16-7-8-17(19-13-16)24-14-15-5-3-2-4-6-15/h2-8,13H,9-12,14H2,1H3,(H,20,23). The highest BCUT2D eigenvalue weighted by Gasteiger charge is 2.18. The summed E-state index contributed by atoms with van der Waals surface area (Å²) < 4.78 is 5.64. The first-order valence-corrected chi connectivity index (χ1v) is 8.08. The van der Waals surface area contributed by atoms with Crippen molar-refractivity contribution in [1.82, 2.24) is 14.8 Å². The number of nitrogens with zero attached hydrogens (tertiary/aromatic N) is 3. The van der Waals surface area contributed by atoms with E-state index in [0.29, 0.717) is 18.2 Å². The molecule has 1 aromatic heterocycles. The van der Waals surface area contributed by atoms with Gasteiger partial charge in [-0.15, -0.1) is 0 Å². The topological polar surface area (TPSA) is 57.7 Å². The van der Waals surface area contributed by atoms with E-state index in [1.54, 1.807) is 18.3 Å². The molecule has 2 aromatic rings. The van der Waals surface area contributed by atoms with Crippen LogP contribution in [0.5, 0.6) is 5.88 Å². The Bertz CT molecular complexity index is 652. The monoisotopic (exact) mass is 326 g/mol. The number of urea groups is 1. The van der Waals surface area contributed by atoms with Crippen LogP contribution < -0.4 is 10.1 Å². The van der Waals surface area contributed by atoms with Gasteiger partial charge in [0.05, 0.1) is 11.9 Å². The number of rotatable bonds is 4. The number of likely N-dealkylation sites (N-methyl/N-ethyl adjacent to an activating group) is 1. The number of pyridine rings is 1. The maximum absolute atomic E-state index is 12.2. The van der Waals surface area contributed by atoms with Crippen LogP contribution in [0.3, 0.4) is 0 Å². The molecule has 126 valence electrons. The van der Waals surface area contributed by atoms with Gasteiger partial charge in [0.25, 0.3) is 0 Å². The van der Waals surface area contributed by atoms with Gasteiger partial charge in [-0.05, 0) is 18.7 Å². The molecular formula is C18H22N4O2. The number of anilines is 1. The van der Waals surface area contributed by atoms with Crippen LogP contribution in [0.15, 0.2) is 48.7 Å². The minimum absolute atomic E-state index is 0.0807. The van der Waals surface area contributed by atoms with Gasteiger partial charge in [0.1, 0.15) is 6.61 Å². The first-order valence-electron chi connectivity index (χ1n) is 8.08. The summed E-state index contributed by atoms with van der Waals surface area (Å²) >= 11 is 0. The van der Waals surface area contributed by atoms with Crippen molar-refractivity contribution in [3.8, 4) is 5.88 Å². The molecule has 1 aromatic carbocycles. The second-order valence-corrected chi connectivity index (χ2v) is 5.88. The van der Waals surface area contributed by atoms with Gasteiger partial charge in [-0.2, -0.15) is 0 Å². The van der Waals surface area contributed by atoms with Crippen molar-refractivity contribution in [2.75, 3.05) is 38.5 Å². The second-order valence-electron chi connectivity index (χ2n) is 5.88. The number of aromatic nitrogens is 1. The second kappa shape index (κ2) is 7.79. The van der Waals surface area contributed by atoms with Crippen molar-refractivity contribution in [2.45, 2.75) is 6.61 Å². The Morgan fingerprint density at radius 1 is 1.12 bits per heavy atom. The zero-order valence-electron chi connectivity index (χ0n) is 13.8. The maximum Gasteiger partial charge on any atom is 0.321 e. The van der Waals surface area contributed by atoms with Gasteiger partial charge in [-0.25, -0.2) is 9.78 Å². The van der Waals surface area contributed by atoms with Gasteiger partial charge >= 0.3 is 6.03 Å². The number of benzene rings is 1. The van der Waals surface area contributed by atoms with Crippen LogP contribution in [0.1, 0.15) is 5.56 Å². The molecule has 3 rings (SSSR count). The van der Waals surface area contributed by atoms with Crippen LogP contribution in [0, 0.1) is 0 Å². The lowest BCUT2D eigenvalue weighted by Gasteiger charge is -2.32. The molecule has 0 saturated carbocycles. The first kappa shape index (κ1) is 16.3. The summed E-state index contributed by atoms with van der Waals surface area (Å²) in [5.41, 5.74) is 1.76. The van der Waals surface area contributed by atoms with Crippen molar-refractivity contribution in [2.24, 2.45) is 0 Å². The predicted molar refractivity (Wildman–Crippen MR) is 93.1 cm³/mol. The van der Waals surface area contributed by atoms with Crippen molar-refractivity contribution < 1.29 is 9.53 Å². The van der Waals surface area contributed by atoms with Crippen LogP contribution in [0.2, 0.25) is 0 Å². The minimum Gasteiger partial charge on any atom is -0.473 e. The molecule has 1 aliphatic rings. The lowest BCUT2D eigenvalue weighted by atomic mass is 10.2. The Morgan fingerprint density at radius 2 is 1.88 bits per heavy atom. The van der Waals surface area contributed by atoms with E-state index < -0.39 is 0 Å². The third-order valence-corrected chi connectivity index (χ3v) is 4.01. The maximum atomic E-state index is 12.2. The van der Waals surface area contributed by atoms with Crippen LogP contribution in [-0.4, -0.2) is 54.0 Å². The number of hydrogen-bond donors (Lipinski definition) is 1. The molecule has 1 fully saturated rings. The molecule has 2 heterocycles. The lowest BCUT2D eigenvalue weighted by molar-refractivity contribution is 0.164. The summed E-state index contributed by atoms with van der Waals surface area (Å²) in [4.78, 5) is 20.5. The van der Waals surface area contributed by atoms with E-state index in [0.717, 1.165) is 31.7 Å². The summed E-state index contributed by atoms with van der Waals surface area (Å²) in [6.45, 7) is 3.76. The Balaban J connectivity index is 1.50. The van der Waals surface area contributed by atoms with Crippen LogP contribution in [0.4, 0.5) is 10.5 Å². The largest absolute Gasteiger partial charge is 0.473 e. The fraction of sp³-hybridized carbons (Fsp3) is 0.333. The predicted octanol–water partition coefficient (Wildman–Crippen LogP) is 2.44. The number of hydrogen-bond acceptors (Lipinski definition) is 4. The van der Waals surface area contributed by atoms with Crippen LogP contribution in [0.25, 0.3) is 0 Å². The zero-order valence-corrected chi connectivity index (χ0v) is 13.8. The molecule has 0 radical (unpaired) electrons. The highest BCUT2D eigenvalue weighted by molar-refractivity contribution is 5.89. The van der Waals surface area contributed by atoms with Crippen molar-refractivity contribution in [3.63, 3.8) is 0 Å². The Hall–Kier alpha value is -2.60. The molecule has 0 aliphatic carbocycles. The van der Waals surface area contributed by atoms with Gasteiger partial charge in [-0.1, -0.05) is 30.3 Å². The SMILES string of the molecule is CN1CCN(C(=O)Nc2ccc(OCc3ccccc3)nc2)CC1. The van der Waals surface area contributed by atoms with E-state index in [-0.39, 0.29) is 6.03 Å². The molecule has 0 atom stereocenters. The van der Waals surface area contributed by atoms with E-state index in [4.69, 9.17) is 4.74 Å². The normalized spacial score (nSPS) is 15.1. The van der Waals surface area contributed by atoms with Gasteiger partial charge in [-0.3, -0.25) is 0 Å². The summed E-state index contributed by atoms with van der Waals surface area (Å²) in [6.07, 6.45) is 1.62. The summed E-state index contributed by atoms with van der Waals surface area (Å²) in [5.74, 6) is 0.538. The molecule has 6 heteroatoms. The van der Waals surface area contributed by atoms with Crippen LogP contribution >= 0.6 is 0 Å². The third kappa shape index (κ3) is 4.45. The summed E-state index contributed by atoms with van der Waals surface area (Å²) in [7, 11) is 2.06. The quantitative estimate of drug-likeness (QED) is 0.937. The number of amides is 2. The number of ether oxygens (including phenoxy) is 1. The molecular weight excluding hydrogens is 304 g/mol. The van der Waals surface area contributed by atoms with Crippen molar-refractivity contribution >= 4 is 11.7 Å². The van der Waals surface area contributed by atoms with E-state index in [1.165, 1.54) is 0 Å². The average Bonchev–Trinajstić information content (AvgIpc) is 2.62. The average molecular weight is 326 g/mol. The number of carbonyl (C=O) groups is 1. The molecule has 1 saturated heterocycles. The highest BCUT2D eigenvalue weighted by atomic mass is 16.5. The van der Waals surface area contributed by atoms with E-state index in [2.05, 4.69) is 22.2 Å². The van der Waals surface area contributed by atoms with Crippen molar-refractivity contribution in [1.29, 1.82) is 0 Å². The van der Waals surface area contributed by atoms with Gasteiger partial charge in [0.15, 0.2) is 0 Å². The van der Waals surface area contributed by atoms with E-state index in [1.807, 2.05) is 35.2 Å². The van der Waals surface area contributed by atoms with Gasteiger partial charge in [0, 0.05) is 32.2 Å².